The van der Waals surface area contributed by atoms with Crippen LogP contribution < -0.4 is 16.4 Å². The first kappa shape index (κ1) is 13.9. The van der Waals surface area contributed by atoms with E-state index >= 15 is 0 Å². The zero-order valence-electron chi connectivity index (χ0n) is 11.8. The van der Waals surface area contributed by atoms with Crippen molar-refractivity contribution in [3.63, 3.8) is 0 Å². The molecular formula is C13H24N6. The van der Waals surface area contributed by atoms with Gasteiger partial charge < -0.3 is 21.3 Å². The zero-order chi connectivity index (χ0) is 13.7. The lowest BCUT2D eigenvalue weighted by molar-refractivity contribution is 0.322. The van der Waals surface area contributed by atoms with Gasteiger partial charge in [-0.1, -0.05) is 6.92 Å². The molecule has 0 amide bonds. The summed E-state index contributed by atoms with van der Waals surface area (Å²) in [5.41, 5.74) is 5.73. The number of rotatable bonds is 6. The van der Waals surface area contributed by atoms with Crippen molar-refractivity contribution in [2.45, 2.75) is 32.2 Å². The number of nitrogens with one attached hydrogen (secondary N) is 2. The molecule has 2 rings (SSSR count). The number of anilines is 3. The molecule has 0 spiro atoms. The van der Waals surface area contributed by atoms with Crippen LogP contribution in [0.2, 0.25) is 0 Å². The molecule has 106 valence electrons. The maximum Gasteiger partial charge on any atom is 0.223 e. The van der Waals surface area contributed by atoms with E-state index in [0.717, 1.165) is 31.1 Å². The number of nitrogen functional groups attached to an aromatic ring is 1. The second-order valence-electron chi connectivity index (χ2n) is 5.08. The highest BCUT2D eigenvalue weighted by atomic mass is 15.2. The van der Waals surface area contributed by atoms with E-state index in [9.17, 15) is 0 Å². The quantitative estimate of drug-likeness (QED) is 0.720. The minimum atomic E-state index is 0.309. The summed E-state index contributed by atoms with van der Waals surface area (Å²) in [5.74, 6) is 1.89. The predicted octanol–water partition coefficient (Wildman–Crippen LogP) is 1.39. The van der Waals surface area contributed by atoms with E-state index in [1.165, 1.54) is 19.4 Å². The SMILES string of the molecule is CCCNc1cc(NCC2CCCN2C)nc(N)n1. The van der Waals surface area contributed by atoms with Gasteiger partial charge in [-0.3, -0.25) is 0 Å². The van der Waals surface area contributed by atoms with Crippen molar-refractivity contribution in [1.29, 1.82) is 0 Å². The average molecular weight is 264 g/mol. The number of likely N-dealkylation sites (tertiary alicyclic amines) is 1. The van der Waals surface area contributed by atoms with E-state index < -0.39 is 0 Å². The van der Waals surface area contributed by atoms with Crippen molar-refractivity contribution in [1.82, 2.24) is 14.9 Å². The summed E-state index contributed by atoms with van der Waals surface area (Å²) in [6.45, 7) is 5.09. The third-order valence-corrected chi connectivity index (χ3v) is 3.49. The fraction of sp³-hybridized carbons (Fsp3) is 0.692. The molecule has 0 bridgehead atoms. The Bertz CT molecular complexity index is 408. The Morgan fingerprint density at radius 1 is 1.37 bits per heavy atom. The molecule has 0 aromatic carbocycles. The van der Waals surface area contributed by atoms with Crippen LogP contribution in [0.4, 0.5) is 17.6 Å². The first-order valence-corrected chi connectivity index (χ1v) is 7.01. The van der Waals surface area contributed by atoms with Crippen LogP contribution in [0.5, 0.6) is 0 Å². The van der Waals surface area contributed by atoms with Crippen molar-refractivity contribution in [2.24, 2.45) is 0 Å². The van der Waals surface area contributed by atoms with Crippen molar-refractivity contribution in [3.05, 3.63) is 6.07 Å². The lowest BCUT2D eigenvalue weighted by Gasteiger charge is -2.20. The van der Waals surface area contributed by atoms with Gasteiger partial charge in [0.05, 0.1) is 0 Å². The summed E-state index contributed by atoms with van der Waals surface area (Å²) in [6, 6.07) is 2.50. The maximum atomic E-state index is 5.73. The van der Waals surface area contributed by atoms with Gasteiger partial charge >= 0.3 is 0 Å². The molecule has 6 nitrogen and oxygen atoms in total. The number of hydrogen-bond acceptors (Lipinski definition) is 6. The minimum absolute atomic E-state index is 0.309. The highest BCUT2D eigenvalue weighted by Crippen LogP contribution is 2.17. The monoisotopic (exact) mass is 264 g/mol. The van der Waals surface area contributed by atoms with Crippen molar-refractivity contribution < 1.29 is 0 Å². The zero-order valence-corrected chi connectivity index (χ0v) is 11.8. The molecule has 1 saturated heterocycles. The lowest BCUT2D eigenvalue weighted by Crippen LogP contribution is -2.31. The fourth-order valence-electron chi connectivity index (χ4n) is 2.36. The van der Waals surface area contributed by atoms with Gasteiger partial charge in [0, 0.05) is 25.2 Å². The molecule has 1 aromatic rings. The summed E-state index contributed by atoms with van der Waals surface area (Å²) in [4.78, 5) is 10.8. The van der Waals surface area contributed by atoms with Crippen LogP contribution in [0.25, 0.3) is 0 Å². The lowest BCUT2D eigenvalue weighted by atomic mass is 10.2. The second-order valence-corrected chi connectivity index (χ2v) is 5.08. The van der Waals surface area contributed by atoms with Gasteiger partial charge in [0.15, 0.2) is 0 Å². The van der Waals surface area contributed by atoms with Crippen LogP contribution >= 0.6 is 0 Å². The Kier molecular flexibility index (Phi) is 4.79. The van der Waals surface area contributed by atoms with E-state index in [0.29, 0.717) is 12.0 Å². The molecule has 1 fully saturated rings. The smallest absolute Gasteiger partial charge is 0.223 e. The Morgan fingerprint density at radius 2 is 2.11 bits per heavy atom. The number of nitrogens with zero attached hydrogens (tertiary/aromatic N) is 3. The molecule has 2 heterocycles. The van der Waals surface area contributed by atoms with E-state index in [-0.39, 0.29) is 0 Å². The molecule has 1 atom stereocenters. The van der Waals surface area contributed by atoms with Crippen LogP contribution in [0.15, 0.2) is 6.07 Å². The van der Waals surface area contributed by atoms with Crippen LogP contribution in [0.1, 0.15) is 26.2 Å². The van der Waals surface area contributed by atoms with E-state index in [1.807, 2.05) is 6.07 Å². The van der Waals surface area contributed by atoms with E-state index in [4.69, 9.17) is 5.73 Å². The van der Waals surface area contributed by atoms with E-state index in [2.05, 4.69) is 39.5 Å². The van der Waals surface area contributed by atoms with Gasteiger partial charge in [0.1, 0.15) is 11.6 Å². The molecule has 4 N–H and O–H groups in total. The summed E-state index contributed by atoms with van der Waals surface area (Å²) in [6.07, 6.45) is 3.57. The summed E-state index contributed by atoms with van der Waals surface area (Å²) in [7, 11) is 2.17. The molecular weight excluding hydrogens is 240 g/mol. The Hall–Kier alpha value is -1.56. The van der Waals surface area contributed by atoms with Crippen molar-refractivity contribution in [2.75, 3.05) is 43.0 Å². The second kappa shape index (κ2) is 6.56. The number of aromatic nitrogens is 2. The highest BCUT2D eigenvalue weighted by molar-refractivity contribution is 5.51. The van der Waals surface area contributed by atoms with Crippen LogP contribution in [-0.2, 0) is 0 Å². The van der Waals surface area contributed by atoms with Crippen LogP contribution in [-0.4, -0.2) is 47.6 Å². The van der Waals surface area contributed by atoms with Crippen LogP contribution in [0.3, 0.4) is 0 Å². The van der Waals surface area contributed by atoms with Gasteiger partial charge in [-0.15, -0.1) is 0 Å². The maximum absolute atomic E-state index is 5.73. The first-order valence-electron chi connectivity index (χ1n) is 7.01. The summed E-state index contributed by atoms with van der Waals surface area (Å²) >= 11 is 0. The first-order chi connectivity index (χ1) is 9.19. The molecule has 6 heteroatoms. The molecule has 1 aromatic heterocycles. The van der Waals surface area contributed by atoms with Gasteiger partial charge in [0.2, 0.25) is 5.95 Å². The summed E-state index contributed by atoms with van der Waals surface area (Å²) < 4.78 is 0. The summed E-state index contributed by atoms with van der Waals surface area (Å²) in [5, 5.41) is 6.59. The molecule has 1 unspecified atom stereocenters. The van der Waals surface area contributed by atoms with Gasteiger partial charge in [0.25, 0.3) is 0 Å². The molecule has 0 aliphatic carbocycles. The number of nitrogens with two attached hydrogens (primary N) is 1. The fourth-order valence-corrected chi connectivity index (χ4v) is 2.36. The Morgan fingerprint density at radius 3 is 2.74 bits per heavy atom. The molecule has 0 saturated carbocycles. The number of hydrogen-bond donors (Lipinski definition) is 3. The molecule has 1 aliphatic rings. The third-order valence-electron chi connectivity index (χ3n) is 3.49. The predicted molar refractivity (Wildman–Crippen MR) is 79.4 cm³/mol. The topological polar surface area (TPSA) is 79.1 Å². The van der Waals surface area contributed by atoms with Crippen LogP contribution in [0, 0.1) is 0 Å². The van der Waals surface area contributed by atoms with Gasteiger partial charge in [-0.25, -0.2) is 0 Å². The highest BCUT2D eigenvalue weighted by Gasteiger charge is 2.20. The van der Waals surface area contributed by atoms with Gasteiger partial charge in [-0.2, -0.15) is 9.97 Å². The van der Waals surface area contributed by atoms with Crippen molar-refractivity contribution >= 4 is 17.6 Å². The van der Waals surface area contributed by atoms with Gasteiger partial charge in [-0.05, 0) is 32.9 Å². The van der Waals surface area contributed by atoms with Crippen molar-refractivity contribution in [3.8, 4) is 0 Å². The molecule has 1 aliphatic heterocycles. The normalized spacial score (nSPS) is 19.6. The standard InChI is InChI=1S/C13H24N6/c1-3-6-15-11-8-12(18-13(14)17-11)16-9-10-5-4-7-19(10)2/h8,10H,3-7,9H2,1-2H3,(H4,14,15,16,17,18). The number of likely N-dealkylation sites (N-methyl/N-ethyl adjacent to an activating group) is 1. The Balaban J connectivity index is 1.93. The Labute approximate surface area is 114 Å². The van der Waals surface area contributed by atoms with E-state index in [1.54, 1.807) is 0 Å². The minimum Gasteiger partial charge on any atom is -0.370 e. The molecule has 0 radical (unpaired) electrons. The average Bonchev–Trinajstić information content (AvgIpc) is 2.79. The largest absolute Gasteiger partial charge is 0.370 e. The third kappa shape index (κ3) is 3.96. The molecule has 19 heavy (non-hydrogen) atoms.